The molecule has 2 saturated heterocycles. The zero-order valence-corrected chi connectivity index (χ0v) is 16.4. The number of carbonyl (C=O) groups is 2. The van der Waals surface area contributed by atoms with Crippen LogP contribution in [0.25, 0.3) is 0 Å². The molecule has 2 fully saturated rings. The molecule has 23 heavy (non-hydrogen) atoms. The average Bonchev–Trinajstić information content (AvgIpc) is 2.79. The molecule has 0 aromatic carbocycles. The van der Waals surface area contributed by atoms with Gasteiger partial charge in [-0.15, -0.1) is 0 Å². The lowest BCUT2D eigenvalue weighted by atomic mass is 9.80. The zero-order chi connectivity index (χ0) is 17.6. The van der Waals surface area contributed by atoms with Crippen LogP contribution in [0.2, 0.25) is 18.1 Å². The van der Waals surface area contributed by atoms with Crippen LogP contribution in [0.3, 0.4) is 0 Å². The normalized spacial score (nSPS) is 29.7. The molecule has 0 radical (unpaired) electrons. The first-order valence-corrected chi connectivity index (χ1v) is 11.6. The molecule has 2 rings (SSSR count). The second-order valence-corrected chi connectivity index (χ2v) is 14.0. The number of hydrogen-bond acceptors (Lipinski definition) is 3. The van der Waals surface area contributed by atoms with Crippen LogP contribution in [0.5, 0.6) is 0 Å². The summed E-state index contributed by atoms with van der Waals surface area (Å²) in [4.78, 5) is 26.5. The van der Waals surface area contributed by atoms with E-state index in [2.05, 4.69) is 45.8 Å². The molecule has 2 aliphatic heterocycles. The molecule has 1 unspecified atom stereocenters. The molecule has 0 bridgehead atoms. The van der Waals surface area contributed by atoms with Crippen molar-refractivity contribution in [3.8, 4) is 0 Å². The summed E-state index contributed by atoms with van der Waals surface area (Å²) in [5.74, 6) is -0.138. The first-order chi connectivity index (χ1) is 10.4. The van der Waals surface area contributed by atoms with Crippen LogP contribution in [0.4, 0.5) is 0 Å². The van der Waals surface area contributed by atoms with Crippen LogP contribution >= 0.6 is 0 Å². The van der Waals surface area contributed by atoms with Gasteiger partial charge in [0.1, 0.15) is 0 Å². The predicted molar refractivity (Wildman–Crippen MR) is 93.8 cm³/mol. The van der Waals surface area contributed by atoms with Crippen LogP contribution < -0.4 is 0 Å². The highest BCUT2D eigenvalue weighted by Gasteiger charge is 2.57. The van der Waals surface area contributed by atoms with E-state index in [1.807, 2.05) is 4.57 Å². The summed E-state index contributed by atoms with van der Waals surface area (Å²) in [6.45, 7) is 13.0. The number of carboxylic acid groups (broad SMARTS) is 1. The third-order valence-corrected chi connectivity index (χ3v) is 11.7. The van der Waals surface area contributed by atoms with Crippen molar-refractivity contribution in [2.24, 2.45) is 11.8 Å². The number of nitrogens with zero attached hydrogens (tertiary/aromatic N) is 2. The third-order valence-electron chi connectivity index (χ3n) is 6.25. The van der Waals surface area contributed by atoms with Crippen LogP contribution in [0.1, 0.15) is 40.0 Å². The van der Waals surface area contributed by atoms with E-state index in [1.54, 1.807) is 0 Å². The van der Waals surface area contributed by atoms with Gasteiger partial charge in [-0.25, -0.2) is 0 Å². The highest BCUT2D eigenvalue weighted by atomic mass is 28.3. The smallest absolute Gasteiger partial charge is 0.305 e. The van der Waals surface area contributed by atoms with E-state index in [9.17, 15) is 14.7 Å². The van der Waals surface area contributed by atoms with Gasteiger partial charge in [-0.1, -0.05) is 33.9 Å². The van der Waals surface area contributed by atoms with Crippen LogP contribution in [-0.4, -0.2) is 60.9 Å². The Morgan fingerprint density at radius 2 is 1.96 bits per heavy atom. The van der Waals surface area contributed by atoms with Gasteiger partial charge in [-0.05, 0) is 37.4 Å². The summed E-state index contributed by atoms with van der Waals surface area (Å²) >= 11 is 0. The molecule has 132 valence electrons. The Kier molecular flexibility index (Phi) is 4.98. The summed E-state index contributed by atoms with van der Waals surface area (Å²) in [6, 6.07) is -0.105. The maximum atomic E-state index is 12.9. The van der Waals surface area contributed by atoms with E-state index in [4.69, 9.17) is 0 Å². The minimum Gasteiger partial charge on any atom is -0.481 e. The number of likely N-dealkylation sites (tertiary alicyclic amines) is 1. The van der Waals surface area contributed by atoms with E-state index in [0.29, 0.717) is 5.92 Å². The lowest BCUT2D eigenvalue weighted by Gasteiger charge is -2.58. The zero-order valence-electron chi connectivity index (χ0n) is 15.4. The molecule has 1 amide bonds. The Morgan fingerprint density at radius 1 is 1.35 bits per heavy atom. The molecule has 6 heteroatoms. The van der Waals surface area contributed by atoms with Gasteiger partial charge in [0, 0.05) is 12.6 Å². The van der Waals surface area contributed by atoms with Gasteiger partial charge in [0.05, 0.1) is 12.3 Å². The van der Waals surface area contributed by atoms with Crippen molar-refractivity contribution in [1.29, 1.82) is 0 Å². The van der Waals surface area contributed by atoms with E-state index in [-0.39, 0.29) is 29.3 Å². The lowest BCUT2D eigenvalue weighted by Crippen LogP contribution is -2.73. The van der Waals surface area contributed by atoms with E-state index >= 15 is 0 Å². The van der Waals surface area contributed by atoms with Gasteiger partial charge in [-0.3, -0.25) is 9.59 Å². The molecule has 0 aliphatic carbocycles. The molecule has 5 nitrogen and oxygen atoms in total. The second-order valence-electron chi connectivity index (χ2n) is 8.94. The summed E-state index contributed by atoms with van der Waals surface area (Å²) in [5.41, 5.74) is 0. The molecule has 2 aliphatic rings. The quantitative estimate of drug-likeness (QED) is 0.617. The van der Waals surface area contributed by atoms with Crippen molar-refractivity contribution >= 4 is 20.1 Å². The van der Waals surface area contributed by atoms with E-state index in [0.717, 1.165) is 25.9 Å². The molecule has 0 spiro atoms. The number of amides is 1. The van der Waals surface area contributed by atoms with Gasteiger partial charge in [0.25, 0.3) is 0 Å². The van der Waals surface area contributed by atoms with Crippen molar-refractivity contribution in [2.45, 2.75) is 64.2 Å². The second kappa shape index (κ2) is 6.20. The lowest BCUT2D eigenvalue weighted by molar-refractivity contribution is -0.153. The molecular formula is C17H32N2O3Si. The Labute approximate surface area is 141 Å². The number of β-lactam (4-membered cyclic amide) rings is 1. The van der Waals surface area contributed by atoms with Crippen molar-refractivity contribution in [2.75, 3.05) is 20.1 Å². The largest absolute Gasteiger partial charge is 0.481 e. The fourth-order valence-corrected chi connectivity index (χ4v) is 6.44. The maximum absolute atomic E-state index is 12.9. The Balaban J connectivity index is 2.15. The van der Waals surface area contributed by atoms with Crippen LogP contribution in [0, 0.1) is 11.8 Å². The summed E-state index contributed by atoms with van der Waals surface area (Å²) in [7, 11) is 0.0948. The van der Waals surface area contributed by atoms with Crippen LogP contribution in [-0.2, 0) is 9.59 Å². The number of rotatable bonds is 5. The van der Waals surface area contributed by atoms with Crippen molar-refractivity contribution < 1.29 is 14.7 Å². The number of aliphatic carboxylic acids is 1. The predicted octanol–water partition coefficient (Wildman–Crippen LogP) is 2.64. The maximum Gasteiger partial charge on any atom is 0.305 e. The van der Waals surface area contributed by atoms with Gasteiger partial charge in [0.2, 0.25) is 5.91 Å². The first-order valence-electron chi connectivity index (χ1n) is 8.68. The fourth-order valence-electron chi connectivity index (χ4n) is 3.90. The molecule has 2 heterocycles. The topological polar surface area (TPSA) is 60.9 Å². The standard InChI is InChI=1S/C17H32N2O3Si/c1-17(2,3)23(5,6)19-14(10-15(20)21)13(16(19)22)9-12-7-8-18(4)11-12/h12-14H,7-11H2,1-6H3,(H,20,21)/t12?,13-,14-/m1/s1. The minimum atomic E-state index is -2.02. The molecule has 1 N–H and O–H groups in total. The summed E-state index contributed by atoms with van der Waals surface area (Å²) in [5, 5.41) is 9.35. The Morgan fingerprint density at radius 3 is 2.39 bits per heavy atom. The van der Waals surface area contributed by atoms with Crippen LogP contribution in [0.15, 0.2) is 0 Å². The van der Waals surface area contributed by atoms with Crippen molar-refractivity contribution in [3.05, 3.63) is 0 Å². The first kappa shape index (κ1) is 18.5. The molecule has 0 aromatic rings. The molecule has 0 saturated carbocycles. The fraction of sp³-hybridized carbons (Fsp3) is 0.882. The van der Waals surface area contributed by atoms with Crippen molar-refractivity contribution in [3.63, 3.8) is 0 Å². The van der Waals surface area contributed by atoms with Gasteiger partial charge in [-0.2, -0.15) is 0 Å². The highest BCUT2D eigenvalue weighted by molar-refractivity contribution is 6.80. The molecule has 3 atom stereocenters. The number of hydrogen-bond donors (Lipinski definition) is 1. The minimum absolute atomic E-state index is 0.0396. The Hall–Kier alpha value is -0.883. The monoisotopic (exact) mass is 340 g/mol. The summed E-state index contributed by atoms with van der Waals surface area (Å²) < 4.78 is 1.99. The van der Waals surface area contributed by atoms with Gasteiger partial charge in [0.15, 0.2) is 8.24 Å². The number of carboxylic acids is 1. The Bertz CT molecular complexity index is 487. The molecule has 0 aromatic heterocycles. The summed E-state index contributed by atoms with van der Waals surface area (Å²) in [6.07, 6.45) is 2.07. The third kappa shape index (κ3) is 3.48. The highest BCUT2D eigenvalue weighted by Crippen LogP contribution is 2.47. The van der Waals surface area contributed by atoms with E-state index < -0.39 is 14.2 Å². The van der Waals surface area contributed by atoms with Crippen molar-refractivity contribution in [1.82, 2.24) is 9.47 Å². The molecular weight excluding hydrogens is 308 g/mol. The average molecular weight is 341 g/mol. The van der Waals surface area contributed by atoms with Gasteiger partial charge < -0.3 is 14.6 Å². The van der Waals surface area contributed by atoms with E-state index in [1.165, 1.54) is 0 Å². The number of carbonyl (C=O) groups excluding carboxylic acids is 1. The van der Waals surface area contributed by atoms with Gasteiger partial charge >= 0.3 is 5.97 Å². The SMILES string of the molecule is CN1CCC(C[C@H]2C(=O)N([Si](C)(C)C(C)(C)C)[C@@H]2CC(=O)O)C1.